The molecule has 0 spiro atoms. The minimum atomic E-state index is -0.121. The van der Waals surface area contributed by atoms with Crippen LogP contribution in [-0.4, -0.2) is 31.5 Å². The molecule has 2 N–H and O–H groups in total. The Morgan fingerprint density at radius 2 is 1.93 bits per heavy atom. The van der Waals surface area contributed by atoms with Crippen molar-refractivity contribution in [1.29, 1.82) is 0 Å². The van der Waals surface area contributed by atoms with Crippen molar-refractivity contribution in [1.82, 2.24) is 14.8 Å². The summed E-state index contributed by atoms with van der Waals surface area (Å²) < 4.78 is 1.83. The highest BCUT2D eigenvalue weighted by atomic mass is 32.2. The van der Waals surface area contributed by atoms with Gasteiger partial charge in [0, 0.05) is 12.2 Å². The van der Waals surface area contributed by atoms with E-state index in [1.54, 1.807) is 24.3 Å². The first-order valence-electron chi connectivity index (χ1n) is 9.34. The summed E-state index contributed by atoms with van der Waals surface area (Å²) in [7, 11) is 0. The number of aromatic hydroxyl groups is 1. The average Bonchev–Trinajstić information content (AvgIpc) is 3.10. The monoisotopic (exact) mass is 408 g/mol. The lowest BCUT2D eigenvalue weighted by molar-refractivity contribution is -0.113. The number of nitrogens with zero attached hydrogens (tertiary/aromatic N) is 3. The molecule has 0 radical (unpaired) electrons. The van der Waals surface area contributed by atoms with Crippen LogP contribution in [0.5, 0.6) is 5.75 Å². The number of aromatic nitrogens is 3. The lowest BCUT2D eigenvalue weighted by Crippen LogP contribution is -2.14. The Morgan fingerprint density at radius 1 is 1.21 bits per heavy atom. The summed E-state index contributed by atoms with van der Waals surface area (Å²) in [5.41, 5.74) is 2.58. The second-order valence-electron chi connectivity index (χ2n) is 6.84. The molecular formula is C22H24N4O2S. The first kappa shape index (κ1) is 20.7. The SMILES string of the molecule is C=CCn1c(SCC(=O)Nc2ccc(C(C)C)cc2)nnc1-c1ccccc1O. The van der Waals surface area contributed by atoms with Crippen LogP contribution in [0.1, 0.15) is 25.3 Å². The minimum absolute atomic E-state index is 0.121. The van der Waals surface area contributed by atoms with Crippen molar-refractivity contribution >= 4 is 23.4 Å². The third kappa shape index (κ3) is 5.06. The van der Waals surface area contributed by atoms with Crippen molar-refractivity contribution in [3.63, 3.8) is 0 Å². The summed E-state index contributed by atoms with van der Waals surface area (Å²) in [6.07, 6.45) is 1.73. The molecule has 0 saturated carbocycles. The van der Waals surface area contributed by atoms with E-state index < -0.39 is 0 Å². The second-order valence-corrected chi connectivity index (χ2v) is 7.78. The lowest BCUT2D eigenvalue weighted by Gasteiger charge is -2.10. The van der Waals surface area contributed by atoms with E-state index in [1.807, 2.05) is 34.9 Å². The van der Waals surface area contributed by atoms with Crippen molar-refractivity contribution < 1.29 is 9.90 Å². The van der Waals surface area contributed by atoms with Gasteiger partial charge in [-0.2, -0.15) is 0 Å². The van der Waals surface area contributed by atoms with Gasteiger partial charge in [0.25, 0.3) is 0 Å². The van der Waals surface area contributed by atoms with Gasteiger partial charge in [-0.25, -0.2) is 0 Å². The van der Waals surface area contributed by atoms with Gasteiger partial charge in [-0.1, -0.05) is 56.0 Å². The van der Waals surface area contributed by atoms with Gasteiger partial charge in [0.1, 0.15) is 5.75 Å². The van der Waals surface area contributed by atoms with Crippen molar-refractivity contribution in [2.24, 2.45) is 0 Å². The number of nitrogens with one attached hydrogen (secondary N) is 1. The number of thioether (sulfide) groups is 1. The number of benzene rings is 2. The summed E-state index contributed by atoms with van der Waals surface area (Å²) in [6.45, 7) is 8.51. The van der Waals surface area contributed by atoms with Crippen LogP contribution in [0.25, 0.3) is 11.4 Å². The van der Waals surface area contributed by atoms with Gasteiger partial charge in [-0.3, -0.25) is 9.36 Å². The largest absolute Gasteiger partial charge is 0.507 e. The predicted octanol–water partition coefficient (Wildman–Crippen LogP) is 4.69. The van der Waals surface area contributed by atoms with Gasteiger partial charge in [0.2, 0.25) is 5.91 Å². The van der Waals surface area contributed by atoms with E-state index in [0.29, 0.717) is 29.0 Å². The van der Waals surface area contributed by atoms with E-state index in [2.05, 4.69) is 35.9 Å². The molecule has 7 heteroatoms. The number of phenols is 1. The Kier molecular flexibility index (Phi) is 6.72. The highest BCUT2D eigenvalue weighted by Gasteiger charge is 2.17. The maximum absolute atomic E-state index is 12.4. The first-order valence-corrected chi connectivity index (χ1v) is 10.3. The average molecular weight is 409 g/mol. The third-order valence-electron chi connectivity index (χ3n) is 4.37. The maximum atomic E-state index is 12.4. The Labute approximate surface area is 174 Å². The highest BCUT2D eigenvalue weighted by molar-refractivity contribution is 7.99. The van der Waals surface area contributed by atoms with Gasteiger partial charge in [-0.05, 0) is 35.7 Å². The fourth-order valence-electron chi connectivity index (χ4n) is 2.83. The smallest absolute Gasteiger partial charge is 0.234 e. The molecule has 0 saturated heterocycles. The molecule has 3 aromatic rings. The predicted molar refractivity (Wildman–Crippen MR) is 117 cm³/mol. The molecule has 1 amide bonds. The van der Waals surface area contributed by atoms with E-state index in [9.17, 15) is 9.90 Å². The van der Waals surface area contributed by atoms with Crippen molar-refractivity contribution in [2.45, 2.75) is 31.5 Å². The number of allylic oxidation sites excluding steroid dienone is 1. The van der Waals surface area contributed by atoms with Crippen molar-refractivity contribution in [3.8, 4) is 17.1 Å². The van der Waals surface area contributed by atoms with E-state index in [1.165, 1.54) is 17.3 Å². The number of carbonyl (C=O) groups excluding carboxylic acids is 1. The number of phenolic OH excluding ortho intramolecular Hbond substituents is 1. The minimum Gasteiger partial charge on any atom is -0.507 e. The first-order chi connectivity index (χ1) is 14.0. The summed E-state index contributed by atoms with van der Waals surface area (Å²) in [6, 6.07) is 14.8. The number of para-hydroxylation sites is 1. The van der Waals surface area contributed by atoms with Crippen LogP contribution in [0.3, 0.4) is 0 Å². The molecule has 2 aromatic carbocycles. The molecule has 1 aromatic heterocycles. The van der Waals surface area contributed by atoms with Gasteiger partial charge in [-0.15, -0.1) is 16.8 Å². The van der Waals surface area contributed by atoms with E-state index >= 15 is 0 Å². The summed E-state index contributed by atoms with van der Waals surface area (Å²) >= 11 is 1.29. The van der Waals surface area contributed by atoms with Crippen LogP contribution < -0.4 is 5.32 Å². The topological polar surface area (TPSA) is 80.0 Å². The number of carbonyl (C=O) groups is 1. The second kappa shape index (κ2) is 9.43. The van der Waals surface area contributed by atoms with E-state index in [-0.39, 0.29) is 17.4 Å². The maximum Gasteiger partial charge on any atom is 0.234 e. The zero-order chi connectivity index (χ0) is 20.8. The van der Waals surface area contributed by atoms with Crippen LogP contribution >= 0.6 is 11.8 Å². The third-order valence-corrected chi connectivity index (χ3v) is 5.33. The number of amides is 1. The van der Waals surface area contributed by atoms with Gasteiger partial charge < -0.3 is 10.4 Å². The molecule has 29 heavy (non-hydrogen) atoms. The van der Waals surface area contributed by atoms with Gasteiger partial charge >= 0.3 is 0 Å². The number of anilines is 1. The Balaban J connectivity index is 1.69. The molecule has 6 nitrogen and oxygen atoms in total. The highest BCUT2D eigenvalue weighted by Crippen LogP contribution is 2.30. The van der Waals surface area contributed by atoms with E-state index in [4.69, 9.17) is 0 Å². The summed E-state index contributed by atoms with van der Waals surface area (Å²) in [4.78, 5) is 12.4. The fourth-order valence-corrected chi connectivity index (χ4v) is 3.58. The number of rotatable bonds is 8. The summed E-state index contributed by atoms with van der Waals surface area (Å²) in [5, 5.41) is 22.0. The normalized spacial score (nSPS) is 10.9. The number of hydrogen-bond donors (Lipinski definition) is 2. The fraction of sp³-hybridized carbons (Fsp3) is 0.227. The quantitative estimate of drug-likeness (QED) is 0.417. The molecule has 0 aliphatic rings. The van der Waals surface area contributed by atoms with Gasteiger partial charge in [0.15, 0.2) is 11.0 Å². The molecular weight excluding hydrogens is 384 g/mol. The zero-order valence-electron chi connectivity index (χ0n) is 16.5. The Bertz CT molecular complexity index is 996. The van der Waals surface area contributed by atoms with Crippen molar-refractivity contribution in [3.05, 3.63) is 66.7 Å². The molecule has 3 rings (SSSR count). The summed E-state index contributed by atoms with van der Waals surface area (Å²) in [5.74, 6) is 1.19. The Morgan fingerprint density at radius 3 is 2.59 bits per heavy atom. The molecule has 0 aliphatic heterocycles. The lowest BCUT2D eigenvalue weighted by atomic mass is 10.0. The van der Waals surface area contributed by atoms with Crippen LogP contribution in [0.4, 0.5) is 5.69 Å². The Hall–Kier alpha value is -3.06. The van der Waals surface area contributed by atoms with Gasteiger partial charge in [0.05, 0.1) is 11.3 Å². The molecule has 0 atom stereocenters. The van der Waals surface area contributed by atoms with Crippen molar-refractivity contribution in [2.75, 3.05) is 11.1 Å². The molecule has 0 fully saturated rings. The van der Waals surface area contributed by atoms with Crippen LogP contribution in [0.2, 0.25) is 0 Å². The number of hydrogen-bond acceptors (Lipinski definition) is 5. The molecule has 1 heterocycles. The van der Waals surface area contributed by atoms with E-state index in [0.717, 1.165) is 5.69 Å². The standard InChI is InChI=1S/C22H24N4O2S/c1-4-13-26-21(18-7-5-6-8-19(18)27)24-25-22(26)29-14-20(28)23-17-11-9-16(10-12-17)15(2)3/h4-12,15,27H,1,13-14H2,2-3H3,(H,23,28). The molecule has 150 valence electrons. The molecule has 0 unspecified atom stereocenters. The van der Waals surface area contributed by atoms with Crippen LogP contribution in [0.15, 0.2) is 66.3 Å². The molecule has 0 aliphatic carbocycles. The van der Waals surface area contributed by atoms with Crippen LogP contribution in [0, 0.1) is 0 Å². The van der Waals surface area contributed by atoms with Crippen LogP contribution in [-0.2, 0) is 11.3 Å². The zero-order valence-corrected chi connectivity index (χ0v) is 17.3. The molecule has 0 bridgehead atoms.